The van der Waals surface area contributed by atoms with Gasteiger partial charge in [0.1, 0.15) is 4.90 Å². The molecule has 0 radical (unpaired) electrons. The molecule has 0 unspecified atom stereocenters. The number of nitrogens with one attached hydrogen (secondary N) is 1. The molecule has 1 N–H and O–H groups in total. The summed E-state index contributed by atoms with van der Waals surface area (Å²) in [6.45, 7) is 4.40. The normalized spacial score (nSPS) is 12.2. The Bertz CT molecular complexity index is 962. The number of carbonyl (C=O) groups is 1. The molecule has 2 aromatic rings. The van der Waals surface area contributed by atoms with Crippen molar-refractivity contribution in [2.75, 3.05) is 20.7 Å². The topological polar surface area (TPSA) is 75.7 Å². The first-order valence-electron chi connectivity index (χ1n) is 8.36. The Morgan fingerprint density at radius 1 is 1.21 bits per heavy atom. The Labute approximate surface area is 179 Å². The summed E-state index contributed by atoms with van der Waals surface area (Å²) >= 11 is 9.44. The fraction of sp³-hybridized carbons (Fsp3) is 0.316. The summed E-state index contributed by atoms with van der Waals surface area (Å²) in [6, 6.07) is 12.0. The smallest absolute Gasteiger partial charge is 0.266 e. The van der Waals surface area contributed by atoms with E-state index in [2.05, 4.69) is 21.2 Å². The summed E-state index contributed by atoms with van der Waals surface area (Å²) in [5, 5.41) is 2.87. The molecule has 1 amide bonds. The zero-order valence-corrected chi connectivity index (χ0v) is 19.2. The fourth-order valence-corrected chi connectivity index (χ4v) is 4.22. The number of nitrogens with zero attached hydrogens (tertiary/aromatic N) is 1. The molecule has 0 atom stereocenters. The second-order valence-corrected chi connectivity index (χ2v) is 10.0. The number of halogens is 2. The highest BCUT2D eigenvalue weighted by Crippen LogP contribution is 2.26. The van der Waals surface area contributed by atoms with Crippen molar-refractivity contribution in [1.29, 1.82) is 0 Å². The number of sulfonamides is 1. The van der Waals surface area contributed by atoms with Crippen molar-refractivity contribution >= 4 is 43.5 Å². The van der Waals surface area contributed by atoms with Crippen LogP contribution in [0, 0.1) is 0 Å². The van der Waals surface area contributed by atoms with Gasteiger partial charge < -0.3 is 5.32 Å². The number of benzene rings is 2. The van der Waals surface area contributed by atoms with Crippen molar-refractivity contribution in [3.05, 3.63) is 63.1 Å². The maximum Gasteiger partial charge on any atom is 0.266 e. The minimum absolute atomic E-state index is 0.00985. The molecule has 0 aliphatic carbocycles. The van der Waals surface area contributed by atoms with Crippen molar-refractivity contribution in [2.24, 2.45) is 0 Å². The van der Waals surface area contributed by atoms with Crippen LogP contribution in [0.2, 0.25) is 5.02 Å². The molecule has 0 saturated carbocycles. The van der Waals surface area contributed by atoms with E-state index in [4.69, 9.17) is 16.4 Å². The zero-order valence-electron chi connectivity index (χ0n) is 16.0. The highest BCUT2D eigenvalue weighted by Gasteiger charge is 2.26. The maximum absolute atomic E-state index is 12.6. The van der Waals surface area contributed by atoms with Crippen LogP contribution in [0.15, 0.2) is 51.8 Å². The van der Waals surface area contributed by atoms with Gasteiger partial charge >= 0.3 is 0 Å². The van der Waals surface area contributed by atoms with Crippen LogP contribution in [0.3, 0.4) is 0 Å². The van der Waals surface area contributed by atoms with Crippen LogP contribution in [0.1, 0.15) is 29.8 Å². The standard InChI is InChI=1S/C19H22BrClN2O4S/c1-19(2,14-6-8-15(20)9-7-14)12-22-18(24)13-5-10-16(21)17(11-13)28(25,26)23(3)27-4/h5-11H,12H2,1-4H3,(H,22,24). The van der Waals surface area contributed by atoms with E-state index >= 15 is 0 Å². The average Bonchev–Trinajstić information content (AvgIpc) is 2.66. The third-order valence-electron chi connectivity index (χ3n) is 4.38. The van der Waals surface area contributed by atoms with Gasteiger partial charge in [-0.1, -0.05) is 58.0 Å². The molecule has 6 nitrogen and oxygen atoms in total. The Kier molecular flexibility index (Phi) is 7.27. The highest BCUT2D eigenvalue weighted by molar-refractivity contribution is 9.10. The van der Waals surface area contributed by atoms with Crippen LogP contribution in [-0.4, -0.2) is 39.5 Å². The molecule has 0 aliphatic heterocycles. The molecular weight excluding hydrogens is 468 g/mol. The number of amides is 1. The largest absolute Gasteiger partial charge is 0.351 e. The van der Waals surface area contributed by atoms with Gasteiger partial charge in [-0.3, -0.25) is 9.63 Å². The molecular formula is C19H22BrClN2O4S. The maximum atomic E-state index is 12.6. The van der Waals surface area contributed by atoms with Gasteiger partial charge in [0.2, 0.25) is 0 Å². The minimum Gasteiger partial charge on any atom is -0.351 e. The predicted octanol–water partition coefficient (Wildman–Crippen LogP) is 3.99. The lowest BCUT2D eigenvalue weighted by molar-refractivity contribution is -0.0258. The zero-order chi connectivity index (χ0) is 21.1. The average molecular weight is 490 g/mol. The van der Waals surface area contributed by atoms with Crippen LogP contribution in [-0.2, 0) is 20.3 Å². The summed E-state index contributed by atoms with van der Waals surface area (Å²) in [7, 11) is -1.49. The van der Waals surface area contributed by atoms with E-state index in [9.17, 15) is 13.2 Å². The van der Waals surface area contributed by atoms with E-state index < -0.39 is 15.9 Å². The van der Waals surface area contributed by atoms with E-state index in [0.29, 0.717) is 11.0 Å². The lowest BCUT2D eigenvalue weighted by atomic mass is 9.84. The van der Waals surface area contributed by atoms with Gasteiger partial charge in [0.15, 0.2) is 0 Å². The Balaban J connectivity index is 2.21. The second kappa shape index (κ2) is 8.92. The van der Waals surface area contributed by atoms with Gasteiger partial charge in [-0.25, -0.2) is 8.42 Å². The summed E-state index contributed by atoms with van der Waals surface area (Å²) in [5.41, 5.74) is 0.949. The molecule has 152 valence electrons. The Morgan fingerprint density at radius 2 is 1.82 bits per heavy atom. The molecule has 28 heavy (non-hydrogen) atoms. The highest BCUT2D eigenvalue weighted by atomic mass is 79.9. The van der Waals surface area contributed by atoms with Crippen molar-refractivity contribution in [3.8, 4) is 0 Å². The third-order valence-corrected chi connectivity index (χ3v) is 7.07. The van der Waals surface area contributed by atoms with Crippen molar-refractivity contribution < 1.29 is 18.0 Å². The van der Waals surface area contributed by atoms with Gasteiger partial charge in [0, 0.05) is 29.0 Å². The summed E-state index contributed by atoms with van der Waals surface area (Å²) < 4.78 is 26.6. The van der Waals surface area contributed by atoms with Gasteiger partial charge in [0.05, 0.1) is 12.1 Å². The Morgan fingerprint density at radius 3 is 2.39 bits per heavy atom. The van der Waals surface area contributed by atoms with E-state index in [1.807, 2.05) is 38.1 Å². The van der Waals surface area contributed by atoms with E-state index in [0.717, 1.165) is 10.0 Å². The first kappa shape index (κ1) is 22.8. The van der Waals surface area contributed by atoms with Gasteiger partial charge in [0.25, 0.3) is 15.9 Å². The van der Waals surface area contributed by atoms with E-state index in [-0.39, 0.29) is 20.9 Å². The number of hydroxylamine groups is 1. The first-order valence-corrected chi connectivity index (χ1v) is 11.0. The van der Waals surface area contributed by atoms with Crippen LogP contribution < -0.4 is 5.32 Å². The fourth-order valence-electron chi connectivity index (χ4n) is 2.49. The van der Waals surface area contributed by atoms with Crippen LogP contribution >= 0.6 is 27.5 Å². The van der Waals surface area contributed by atoms with Crippen molar-refractivity contribution in [1.82, 2.24) is 9.79 Å². The number of hydrogen-bond donors (Lipinski definition) is 1. The van der Waals surface area contributed by atoms with Crippen LogP contribution in [0.5, 0.6) is 0 Å². The number of hydrogen-bond acceptors (Lipinski definition) is 4. The molecule has 0 aliphatic rings. The van der Waals surface area contributed by atoms with Crippen molar-refractivity contribution in [3.63, 3.8) is 0 Å². The summed E-state index contributed by atoms with van der Waals surface area (Å²) in [4.78, 5) is 17.2. The molecule has 0 aromatic heterocycles. The molecule has 0 fully saturated rings. The quantitative estimate of drug-likeness (QED) is 0.597. The van der Waals surface area contributed by atoms with Crippen LogP contribution in [0.25, 0.3) is 0 Å². The molecule has 0 spiro atoms. The molecule has 9 heteroatoms. The lowest BCUT2D eigenvalue weighted by Crippen LogP contribution is -2.36. The lowest BCUT2D eigenvalue weighted by Gasteiger charge is -2.26. The second-order valence-electron chi connectivity index (χ2n) is 6.82. The molecule has 0 saturated heterocycles. The molecule has 0 bridgehead atoms. The Hall–Kier alpha value is -1.45. The monoisotopic (exact) mass is 488 g/mol. The number of rotatable bonds is 7. The first-order chi connectivity index (χ1) is 13.0. The van der Waals surface area contributed by atoms with Gasteiger partial charge in [-0.15, -0.1) is 0 Å². The molecule has 2 aromatic carbocycles. The third kappa shape index (κ3) is 5.12. The van der Waals surface area contributed by atoms with Crippen molar-refractivity contribution in [2.45, 2.75) is 24.2 Å². The summed E-state index contributed by atoms with van der Waals surface area (Å²) in [5.74, 6) is -0.390. The van der Waals surface area contributed by atoms with E-state index in [1.54, 1.807) is 0 Å². The predicted molar refractivity (Wildman–Crippen MR) is 113 cm³/mol. The molecule has 2 rings (SSSR count). The van der Waals surface area contributed by atoms with E-state index in [1.165, 1.54) is 32.4 Å². The van der Waals surface area contributed by atoms with Crippen LogP contribution in [0.4, 0.5) is 0 Å². The van der Waals surface area contributed by atoms with Gasteiger partial charge in [-0.2, -0.15) is 0 Å². The minimum atomic E-state index is -3.97. The molecule has 0 heterocycles. The van der Waals surface area contributed by atoms with Gasteiger partial charge in [-0.05, 0) is 35.9 Å². The SMILES string of the molecule is CON(C)S(=O)(=O)c1cc(C(=O)NCC(C)(C)c2ccc(Br)cc2)ccc1Cl. The summed E-state index contributed by atoms with van der Waals surface area (Å²) in [6.07, 6.45) is 0. The number of carbonyl (C=O) groups excluding carboxylic acids is 1.